The van der Waals surface area contributed by atoms with E-state index in [4.69, 9.17) is 5.11 Å². The molecule has 1 rings (SSSR count). The van der Waals surface area contributed by atoms with Crippen LogP contribution in [0.3, 0.4) is 0 Å². The van der Waals surface area contributed by atoms with Gasteiger partial charge in [0.25, 0.3) is 0 Å². The van der Waals surface area contributed by atoms with Crippen LogP contribution in [0.4, 0.5) is 0 Å². The summed E-state index contributed by atoms with van der Waals surface area (Å²) in [4.78, 5) is 13.8. The molecule has 1 aliphatic rings. The van der Waals surface area contributed by atoms with Gasteiger partial charge in [-0.15, -0.1) is 6.58 Å². The smallest absolute Gasteiger partial charge is 0.234 e. The lowest BCUT2D eigenvalue weighted by atomic mass is 10.1. The summed E-state index contributed by atoms with van der Waals surface area (Å²) >= 11 is 0. The van der Waals surface area contributed by atoms with E-state index < -0.39 is 0 Å². The monoisotopic (exact) mass is 254 g/mol. The molecule has 1 amide bonds. The molecule has 0 spiro atoms. The number of hydrogen-bond acceptors (Lipinski definition) is 3. The molecule has 18 heavy (non-hydrogen) atoms. The van der Waals surface area contributed by atoms with Crippen LogP contribution >= 0.6 is 0 Å². The Bertz CT molecular complexity index is 248. The Balaban J connectivity index is 2.31. The van der Waals surface area contributed by atoms with E-state index in [1.165, 1.54) is 25.7 Å². The lowest BCUT2D eigenvalue weighted by molar-refractivity contribution is -0.123. The molecule has 1 saturated carbocycles. The summed E-state index contributed by atoms with van der Waals surface area (Å²) in [6, 6.07) is 0.347. The van der Waals surface area contributed by atoms with Gasteiger partial charge in [0.15, 0.2) is 0 Å². The Morgan fingerprint density at radius 1 is 1.33 bits per heavy atom. The van der Waals surface area contributed by atoms with Crippen molar-refractivity contribution < 1.29 is 9.90 Å². The predicted octanol–water partition coefficient (Wildman–Crippen LogP) is 1.31. The van der Waals surface area contributed by atoms with Gasteiger partial charge in [-0.2, -0.15) is 0 Å². The second kappa shape index (κ2) is 9.11. The molecule has 0 aromatic heterocycles. The Labute approximate surface area is 110 Å². The van der Waals surface area contributed by atoms with E-state index in [1.54, 1.807) is 6.08 Å². The van der Waals surface area contributed by atoms with Gasteiger partial charge in [0, 0.05) is 19.1 Å². The summed E-state index contributed by atoms with van der Waals surface area (Å²) in [7, 11) is 0. The number of nitrogens with one attached hydrogen (secondary N) is 1. The van der Waals surface area contributed by atoms with Gasteiger partial charge in [-0.3, -0.25) is 9.69 Å². The van der Waals surface area contributed by atoms with E-state index in [0.29, 0.717) is 25.7 Å². The van der Waals surface area contributed by atoms with E-state index >= 15 is 0 Å². The van der Waals surface area contributed by atoms with Crippen molar-refractivity contribution >= 4 is 5.91 Å². The highest BCUT2D eigenvalue weighted by Crippen LogP contribution is 2.17. The lowest BCUT2D eigenvalue weighted by Crippen LogP contribution is -2.42. The maximum absolute atomic E-state index is 11.9. The number of nitrogens with zero attached hydrogens (tertiary/aromatic N) is 1. The fourth-order valence-corrected chi connectivity index (χ4v) is 2.46. The molecule has 0 heterocycles. The molecule has 1 aliphatic carbocycles. The standard InChI is InChI=1S/C14H26N2O2/c1-2-9-16(10-11-17)12-14(18)15-13-7-5-3-4-6-8-13/h2,13,17H,1,3-12H2,(H,15,18). The highest BCUT2D eigenvalue weighted by atomic mass is 16.3. The van der Waals surface area contributed by atoms with Gasteiger partial charge in [-0.25, -0.2) is 0 Å². The van der Waals surface area contributed by atoms with Gasteiger partial charge in [0.1, 0.15) is 0 Å². The van der Waals surface area contributed by atoms with Crippen LogP contribution in [-0.2, 0) is 4.79 Å². The number of aliphatic hydroxyl groups excluding tert-OH is 1. The Kier molecular flexibility index (Phi) is 7.69. The first-order valence-corrected chi connectivity index (χ1v) is 6.99. The minimum absolute atomic E-state index is 0.0669. The molecular formula is C14H26N2O2. The minimum atomic E-state index is 0.0669. The largest absolute Gasteiger partial charge is 0.395 e. The molecule has 0 bridgehead atoms. The molecule has 4 nitrogen and oxygen atoms in total. The van der Waals surface area contributed by atoms with Gasteiger partial charge in [-0.05, 0) is 12.8 Å². The number of carbonyl (C=O) groups excluding carboxylic acids is 1. The molecule has 0 atom stereocenters. The van der Waals surface area contributed by atoms with Crippen LogP contribution in [-0.4, -0.2) is 48.2 Å². The predicted molar refractivity (Wildman–Crippen MR) is 73.4 cm³/mol. The second-order valence-corrected chi connectivity index (χ2v) is 5.00. The highest BCUT2D eigenvalue weighted by molar-refractivity contribution is 5.78. The van der Waals surface area contributed by atoms with Crippen molar-refractivity contribution in [3.05, 3.63) is 12.7 Å². The minimum Gasteiger partial charge on any atom is -0.395 e. The molecule has 104 valence electrons. The van der Waals surface area contributed by atoms with Crippen molar-refractivity contribution in [3.8, 4) is 0 Å². The summed E-state index contributed by atoms with van der Waals surface area (Å²) in [6.07, 6.45) is 8.99. The topological polar surface area (TPSA) is 52.6 Å². The van der Waals surface area contributed by atoms with Crippen LogP contribution in [0.15, 0.2) is 12.7 Å². The third-order valence-electron chi connectivity index (χ3n) is 3.39. The molecule has 0 unspecified atom stereocenters. The zero-order valence-corrected chi connectivity index (χ0v) is 11.2. The highest BCUT2D eigenvalue weighted by Gasteiger charge is 2.16. The third-order valence-corrected chi connectivity index (χ3v) is 3.39. The molecule has 1 fully saturated rings. The Morgan fingerprint density at radius 2 is 2.00 bits per heavy atom. The number of amides is 1. The average molecular weight is 254 g/mol. The molecule has 0 aliphatic heterocycles. The number of aliphatic hydroxyl groups is 1. The average Bonchev–Trinajstić information content (AvgIpc) is 2.58. The quantitative estimate of drug-likeness (QED) is 0.532. The van der Waals surface area contributed by atoms with Crippen LogP contribution in [0.2, 0.25) is 0 Å². The van der Waals surface area contributed by atoms with Crippen molar-refractivity contribution in [2.24, 2.45) is 0 Å². The number of rotatable bonds is 7. The summed E-state index contributed by atoms with van der Waals surface area (Å²) < 4.78 is 0. The summed E-state index contributed by atoms with van der Waals surface area (Å²) in [6.45, 7) is 5.24. The fourth-order valence-electron chi connectivity index (χ4n) is 2.46. The molecule has 0 saturated heterocycles. The van der Waals surface area contributed by atoms with Crippen molar-refractivity contribution in [2.75, 3.05) is 26.2 Å². The van der Waals surface area contributed by atoms with Crippen LogP contribution in [0.25, 0.3) is 0 Å². The van der Waals surface area contributed by atoms with Crippen molar-refractivity contribution in [1.82, 2.24) is 10.2 Å². The fraction of sp³-hybridized carbons (Fsp3) is 0.786. The lowest BCUT2D eigenvalue weighted by Gasteiger charge is -2.21. The molecule has 2 N–H and O–H groups in total. The molecule has 0 aromatic rings. The Morgan fingerprint density at radius 3 is 2.56 bits per heavy atom. The zero-order valence-electron chi connectivity index (χ0n) is 11.2. The first-order chi connectivity index (χ1) is 8.76. The van der Waals surface area contributed by atoms with Crippen molar-refractivity contribution in [3.63, 3.8) is 0 Å². The summed E-state index contributed by atoms with van der Waals surface area (Å²) in [5.41, 5.74) is 0. The molecular weight excluding hydrogens is 228 g/mol. The second-order valence-electron chi connectivity index (χ2n) is 5.00. The van der Waals surface area contributed by atoms with Gasteiger partial charge < -0.3 is 10.4 Å². The van der Waals surface area contributed by atoms with Gasteiger partial charge in [0.2, 0.25) is 5.91 Å². The van der Waals surface area contributed by atoms with Gasteiger partial charge >= 0.3 is 0 Å². The van der Waals surface area contributed by atoms with E-state index in [0.717, 1.165) is 12.8 Å². The third kappa shape index (κ3) is 6.17. The van der Waals surface area contributed by atoms with Crippen LogP contribution in [0, 0.1) is 0 Å². The first-order valence-electron chi connectivity index (χ1n) is 6.99. The van der Waals surface area contributed by atoms with E-state index in [1.807, 2.05) is 4.90 Å². The first kappa shape index (κ1) is 15.2. The maximum atomic E-state index is 11.9. The number of carbonyl (C=O) groups is 1. The van der Waals surface area contributed by atoms with Crippen LogP contribution in [0.5, 0.6) is 0 Å². The Hall–Kier alpha value is -0.870. The maximum Gasteiger partial charge on any atom is 0.234 e. The summed E-state index contributed by atoms with van der Waals surface area (Å²) in [5, 5.41) is 12.0. The van der Waals surface area contributed by atoms with Gasteiger partial charge in [-0.1, -0.05) is 31.8 Å². The van der Waals surface area contributed by atoms with E-state index in [2.05, 4.69) is 11.9 Å². The van der Waals surface area contributed by atoms with Crippen molar-refractivity contribution in [2.45, 2.75) is 44.6 Å². The van der Waals surface area contributed by atoms with E-state index in [-0.39, 0.29) is 12.5 Å². The van der Waals surface area contributed by atoms with Crippen LogP contribution in [0.1, 0.15) is 38.5 Å². The summed E-state index contributed by atoms with van der Waals surface area (Å²) in [5.74, 6) is 0.0669. The van der Waals surface area contributed by atoms with Crippen molar-refractivity contribution in [1.29, 1.82) is 0 Å². The molecule has 0 radical (unpaired) electrons. The number of hydrogen-bond donors (Lipinski definition) is 2. The normalized spacial score (nSPS) is 17.4. The zero-order chi connectivity index (χ0) is 13.2. The molecule has 4 heteroatoms. The van der Waals surface area contributed by atoms with Crippen LogP contribution < -0.4 is 5.32 Å². The van der Waals surface area contributed by atoms with E-state index in [9.17, 15) is 4.79 Å². The SMILES string of the molecule is C=CCN(CCO)CC(=O)NC1CCCCCC1. The van der Waals surface area contributed by atoms with Gasteiger partial charge in [0.05, 0.1) is 13.2 Å². The molecule has 0 aromatic carbocycles.